The first-order valence-corrected chi connectivity index (χ1v) is 14.2. The van der Waals surface area contributed by atoms with Gasteiger partial charge in [0.15, 0.2) is 0 Å². The van der Waals surface area contributed by atoms with Gasteiger partial charge in [0.25, 0.3) is 0 Å². The maximum Gasteiger partial charge on any atom is 0.250 e. The van der Waals surface area contributed by atoms with E-state index in [1.54, 1.807) is 11.6 Å². The van der Waals surface area contributed by atoms with Gasteiger partial charge in [-0.1, -0.05) is 50.3 Å². The van der Waals surface area contributed by atoms with Gasteiger partial charge in [-0.3, -0.25) is 4.79 Å². The maximum absolute atomic E-state index is 13.3. The third-order valence-electron chi connectivity index (χ3n) is 6.91. The van der Waals surface area contributed by atoms with Crippen molar-refractivity contribution in [3.8, 4) is 11.1 Å². The van der Waals surface area contributed by atoms with Gasteiger partial charge >= 0.3 is 0 Å². The molecule has 0 saturated heterocycles. The normalized spacial score (nSPS) is 12.9. The minimum Gasteiger partial charge on any atom is -0.387 e. The summed E-state index contributed by atoms with van der Waals surface area (Å²) >= 11 is 5.29. The summed E-state index contributed by atoms with van der Waals surface area (Å²) in [7, 11) is 4.02. The summed E-state index contributed by atoms with van der Waals surface area (Å²) in [6, 6.07) is 12.4. The minimum absolute atomic E-state index is 0.0406. The summed E-state index contributed by atoms with van der Waals surface area (Å²) in [5.74, 6) is 1.47. The molecule has 1 aliphatic rings. The van der Waals surface area contributed by atoms with Crippen molar-refractivity contribution in [2.24, 2.45) is 17.8 Å². The molecule has 0 saturated carbocycles. The van der Waals surface area contributed by atoms with Crippen LogP contribution in [0.25, 0.3) is 23.3 Å². The number of fused-ring (bicyclic) bond motifs is 1. The molecule has 1 aliphatic heterocycles. The number of rotatable bonds is 11. The zero-order valence-corrected chi connectivity index (χ0v) is 24.6. The van der Waals surface area contributed by atoms with Crippen LogP contribution in [0.3, 0.4) is 0 Å². The standard InChI is InChI=1S/C32H38N6OS/c1-5-13-38(14-6-2)32(39)28-18-26-9-7-24(19-29(26)35-30(33)20-28)23-8-10-27(22-40)25(17-23)11-15-36(3)21-31-34-12-16-37(31)4/h7-12,15-19,22H,5-6,13-14,20-21H2,1-4H3,(H2,33,35)/b15-11-. The summed E-state index contributed by atoms with van der Waals surface area (Å²) in [6.45, 7) is 6.35. The number of amides is 1. The first-order valence-electron chi connectivity index (χ1n) is 13.7. The van der Waals surface area contributed by atoms with Crippen LogP contribution in [-0.4, -0.2) is 56.6 Å². The molecule has 2 aromatic carbocycles. The van der Waals surface area contributed by atoms with E-state index in [0.29, 0.717) is 24.4 Å². The molecule has 0 fully saturated rings. The number of aromatic nitrogens is 2. The van der Waals surface area contributed by atoms with Crippen molar-refractivity contribution in [2.75, 3.05) is 20.1 Å². The number of thiocarbonyl (C=S) groups is 1. The fourth-order valence-electron chi connectivity index (χ4n) is 4.80. The number of aliphatic imine (C=N–C) groups is 1. The summed E-state index contributed by atoms with van der Waals surface area (Å²) in [5.41, 5.74) is 12.7. The molecule has 0 atom stereocenters. The summed E-state index contributed by atoms with van der Waals surface area (Å²) < 4.78 is 2.02. The topological polar surface area (TPSA) is 79.8 Å². The Balaban J connectivity index is 1.62. The molecule has 3 aromatic rings. The summed E-state index contributed by atoms with van der Waals surface area (Å²) in [4.78, 5) is 26.4. The molecule has 8 heteroatoms. The quantitative estimate of drug-likeness (QED) is 0.296. The van der Waals surface area contributed by atoms with Crippen molar-refractivity contribution in [3.63, 3.8) is 0 Å². The lowest BCUT2D eigenvalue weighted by atomic mass is 9.97. The van der Waals surface area contributed by atoms with Crippen molar-refractivity contribution in [3.05, 3.63) is 83.1 Å². The van der Waals surface area contributed by atoms with E-state index in [-0.39, 0.29) is 5.91 Å². The molecule has 40 heavy (non-hydrogen) atoms. The van der Waals surface area contributed by atoms with E-state index in [1.807, 2.05) is 60.2 Å². The van der Waals surface area contributed by atoms with Crippen LogP contribution < -0.4 is 5.73 Å². The van der Waals surface area contributed by atoms with Crippen LogP contribution in [0.5, 0.6) is 0 Å². The summed E-state index contributed by atoms with van der Waals surface area (Å²) in [5, 5.41) is 1.70. The van der Waals surface area contributed by atoms with Crippen molar-refractivity contribution in [1.29, 1.82) is 0 Å². The molecular weight excluding hydrogens is 516 g/mol. The number of imidazole rings is 1. The monoisotopic (exact) mass is 554 g/mol. The Labute approximate surface area is 242 Å². The van der Waals surface area contributed by atoms with Crippen molar-refractivity contribution < 1.29 is 4.79 Å². The molecule has 0 unspecified atom stereocenters. The second-order valence-electron chi connectivity index (χ2n) is 10.2. The molecule has 208 valence electrons. The first-order chi connectivity index (χ1) is 19.3. The van der Waals surface area contributed by atoms with Crippen LogP contribution in [0.15, 0.2) is 65.6 Å². The van der Waals surface area contributed by atoms with Gasteiger partial charge in [0.1, 0.15) is 11.7 Å². The molecule has 7 nitrogen and oxygen atoms in total. The van der Waals surface area contributed by atoms with Crippen molar-refractivity contribution in [2.45, 2.75) is 39.7 Å². The van der Waals surface area contributed by atoms with E-state index < -0.39 is 0 Å². The number of benzene rings is 2. The Morgan fingerprint density at radius 2 is 1.82 bits per heavy atom. The molecule has 0 spiro atoms. The third kappa shape index (κ3) is 6.93. The number of nitrogens with two attached hydrogens (primary N) is 1. The van der Waals surface area contributed by atoms with Gasteiger partial charge in [-0.05, 0) is 65.6 Å². The van der Waals surface area contributed by atoms with E-state index in [9.17, 15) is 4.79 Å². The zero-order chi connectivity index (χ0) is 28.6. The van der Waals surface area contributed by atoms with E-state index in [4.69, 9.17) is 18.0 Å². The lowest BCUT2D eigenvalue weighted by Gasteiger charge is -2.22. The van der Waals surface area contributed by atoms with Crippen LogP contribution >= 0.6 is 12.2 Å². The fraction of sp³-hybridized carbons (Fsp3) is 0.312. The van der Waals surface area contributed by atoms with Crippen LogP contribution in [0, 0.1) is 0 Å². The highest BCUT2D eigenvalue weighted by Gasteiger charge is 2.21. The Kier molecular flexibility index (Phi) is 9.66. The lowest BCUT2D eigenvalue weighted by Crippen LogP contribution is -2.34. The molecule has 2 heterocycles. The number of hydrogen-bond donors (Lipinski definition) is 1. The van der Waals surface area contributed by atoms with Gasteiger partial charge in [0.2, 0.25) is 5.91 Å². The molecule has 1 amide bonds. The van der Waals surface area contributed by atoms with E-state index in [2.05, 4.69) is 53.0 Å². The van der Waals surface area contributed by atoms with Gasteiger partial charge in [-0.25, -0.2) is 9.98 Å². The average molecular weight is 555 g/mol. The highest BCUT2D eigenvalue weighted by Crippen LogP contribution is 2.33. The third-order valence-corrected chi connectivity index (χ3v) is 7.17. The lowest BCUT2D eigenvalue weighted by molar-refractivity contribution is -0.127. The molecule has 0 radical (unpaired) electrons. The van der Waals surface area contributed by atoms with Crippen LogP contribution in [0.1, 0.15) is 55.6 Å². The highest BCUT2D eigenvalue weighted by atomic mass is 32.1. The van der Waals surface area contributed by atoms with Crippen molar-refractivity contribution >= 4 is 47.2 Å². The molecule has 2 N–H and O–H groups in total. The SMILES string of the molecule is CCCN(CCC)C(=O)C1=Cc2ccc(-c3ccc(C=S)c(/C=C\N(C)Cc4nccn4C)c3)cc2N=C(N)C1. The first kappa shape index (κ1) is 29.0. The van der Waals surface area contributed by atoms with Gasteiger partial charge in [0.05, 0.1) is 12.2 Å². The number of amidine groups is 1. The fourth-order valence-corrected chi connectivity index (χ4v) is 5.02. The molecular formula is C32H38N6OS. The van der Waals surface area contributed by atoms with Crippen molar-refractivity contribution in [1.82, 2.24) is 19.4 Å². The Hall–Kier alpha value is -4.04. The largest absolute Gasteiger partial charge is 0.387 e. The van der Waals surface area contributed by atoms with E-state index >= 15 is 0 Å². The average Bonchev–Trinajstić information content (AvgIpc) is 3.26. The van der Waals surface area contributed by atoms with Crippen LogP contribution in [-0.2, 0) is 18.4 Å². The number of aryl methyl sites for hydroxylation is 1. The maximum atomic E-state index is 13.3. The van der Waals surface area contributed by atoms with Gasteiger partial charge in [-0.15, -0.1) is 0 Å². The van der Waals surface area contributed by atoms with Gasteiger partial charge < -0.3 is 20.1 Å². The number of nitrogens with zero attached hydrogens (tertiary/aromatic N) is 5. The number of carbonyl (C=O) groups is 1. The number of carbonyl (C=O) groups excluding carboxylic acids is 1. The molecule has 0 aliphatic carbocycles. The second-order valence-corrected chi connectivity index (χ2v) is 10.4. The Morgan fingerprint density at radius 1 is 1.10 bits per heavy atom. The summed E-state index contributed by atoms with van der Waals surface area (Å²) in [6.07, 6.45) is 12.0. The number of hydrogen-bond acceptors (Lipinski definition) is 6. The molecule has 0 bridgehead atoms. The highest BCUT2D eigenvalue weighted by molar-refractivity contribution is 7.79. The second kappa shape index (κ2) is 13.3. The van der Waals surface area contributed by atoms with E-state index in [0.717, 1.165) is 65.3 Å². The van der Waals surface area contributed by atoms with Crippen LogP contribution in [0.2, 0.25) is 0 Å². The smallest absolute Gasteiger partial charge is 0.250 e. The predicted octanol–water partition coefficient (Wildman–Crippen LogP) is 5.96. The zero-order valence-electron chi connectivity index (χ0n) is 23.8. The molecule has 1 aromatic heterocycles. The molecule has 4 rings (SSSR count). The van der Waals surface area contributed by atoms with E-state index in [1.165, 1.54) is 0 Å². The predicted molar refractivity (Wildman–Crippen MR) is 169 cm³/mol. The van der Waals surface area contributed by atoms with Gasteiger partial charge in [-0.2, -0.15) is 0 Å². The Bertz CT molecular complexity index is 1460. The minimum atomic E-state index is 0.0406. The van der Waals surface area contributed by atoms with Gasteiger partial charge in [0, 0.05) is 62.5 Å². The van der Waals surface area contributed by atoms with Crippen LogP contribution in [0.4, 0.5) is 5.69 Å². The Morgan fingerprint density at radius 3 is 2.50 bits per heavy atom.